The summed E-state index contributed by atoms with van der Waals surface area (Å²) in [5.41, 5.74) is 8.52. The molecule has 0 radical (unpaired) electrons. The number of aryl methyl sites for hydroxylation is 1. The van der Waals surface area contributed by atoms with E-state index in [1.165, 1.54) is 17.4 Å². The van der Waals surface area contributed by atoms with Gasteiger partial charge in [-0.2, -0.15) is 0 Å². The van der Waals surface area contributed by atoms with Gasteiger partial charge >= 0.3 is 0 Å². The highest BCUT2D eigenvalue weighted by atomic mass is 32.2. The van der Waals surface area contributed by atoms with E-state index in [9.17, 15) is 8.42 Å². The van der Waals surface area contributed by atoms with Gasteiger partial charge in [0.25, 0.3) is 0 Å². The van der Waals surface area contributed by atoms with Gasteiger partial charge < -0.3 is 10.5 Å². The monoisotopic (exact) mass is 297 g/mol. The van der Waals surface area contributed by atoms with Gasteiger partial charge in [0.2, 0.25) is 0 Å². The van der Waals surface area contributed by atoms with Crippen molar-refractivity contribution in [1.29, 1.82) is 0 Å². The highest BCUT2D eigenvalue weighted by Gasteiger charge is 2.36. The maximum absolute atomic E-state index is 11.8. The molecule has 1 heterocycles. The third kappa shape index (κ3) is 2.99. The number of sulfone groups is 1. The standard InChI is InChI=1S/C15H23NO3S/c1-15(2,20(3,17)18)14(16)7-5-11-4-6-13-12(10-11)8-9-19-13/h4,6,10,14H,5,7-9,16H2,1-3H3. The van der Waals surface area contributed by atoms with Crippen molar-refractivity contribution < 1.29 is 13.2 Å². The Labute approximate surface area is 121 Å². The Kier molecular flexibility index (Phi) is 4.12. The van der Waals surface area contributed by atoms with Crippen LogP contribution in [-0.2, 0) is 22.7 Å². The molecule has 2 N–H and O–H groups in total. The molecule has 0 bridgehead atoms. The maximum Gasteiger partial charge on any atom is 0.154 e. The van der Waals surface area contributed by atoms with E-state index in [4.69, 9.17) is 10.5 Å². The zero-order chi connectivity index (χ0) is 15.0. The van der Waals surface area contributed by atoms with Crippen molar-refractivity contribution in [3.05, 3.63) is 29.3 Å². The summed E-state index contributed by atoms with van der Waals surface area (Å²) in [5.74, 6) is 0.967. The van der Waals surface area contributed by atoms with E-state index in [0.717, 1.165) is 25.2 Å². The van der Waals surface area contributed by atoms with Crippen molar-refractivity contribution in [1.82, 2.24) is 0 Å². The second-order valence-corrected chi connectivity index (χ2v) is 8.66. The number of fused-ring (bicyclic) bond motifs is 1. The second kappa shape index (κ2) is 5.37. The fourth-order valence-electron chi connectivity index (χ4n) is 2.34. The van der Waals surface area contributed by atoms with E-state index in [-0.39, 0.29) is 6.04 Å². The minimum absolute atomic E-state index is 0.373. The lowest BCUT2D eigenvalue weighted by Gasteiger charge is -2.29. The first-order valence-corrected chi connectivity index (χ1v) is 8.81. The minimum Gasteiger partial charge on any atom is -0.493 e. The van der Waals surface area contributed by atoms with Gasteiger partial charge in [0.05, 0.1) is 11.4 Å². The van der Waals surface area contributed by atoms with Gasteiger partial charge in [-0.05, 0) is 43.9 Å². The third-order valence-corrected chi connectivity index (χ3v) is 6.56. The van der Waals surface area contributed by atoms with E-state index < -0.39 is 14.6 Å². The number of benzene rings is 1. The van der Waals surface area contributed by atoms with Crippen molar-refractivity contribution in [2.24, 2.45) is 5.73 Å². The van der Waals surface area contributed by atoms with E-state index in [1.807, 2.05) is 12.1 Å². The Morgan fingerprint density at radius 1 is 1.40 bits per heavy atom. The largest absolute Gasteiger partial charge is 0.493 e. The first-order valence-electron chi connectivity index (χ1n) is 6.91. The molecule has 1 atom stereocenters. The fraction of sp³-hybridized carbons (Fsp3) is 0.600. The van der Waals surface area contributed by atoms with Gasteiger partial charge in [-0.25, -0.2) is 8.42 Å². The fourth-order valence-corrected chi connectivity index (χ4v) is 3.01. The lowest BCUT2D eigenvalue weighted by molar-refractivity contribution is 0.357. The van der Waals surface area contributed by atoms with Crippen LogP contribution in [0.2, 0.25) is 0 Å². The Morgan fingerprint density at radius 2 is 2.10 bits per heavy atom. The second-order valence-electron chi connectivity index (χ2n) is 6.06. The Balaban J connectivity index is 2.02. The van der Waals surface area contributed by atoms with Crippen molar-refractivity contribution in [3.63, 3.8) is 0 Å². The number of ether oxygens (including phenoxy) is 1. The summed E-state index contributed by atoms with van der Waals surface area (Å²) in [7, 11) is -3.16. The van der Waals surface area contributed by atoms with Gasteiger partial charge in [-0.1, -0.05) is 12.1 Å². The van der Waals surface area contributed by atoms with Crippen molar-refractivity contribution in [2.45, 2.75) is 43.9 Å². The Hall–Kier alpha value is -1.07. The quantitative estimate of drug-likeness (QED) is 0.898. The lowest BCUT2D eigenvalue weighted by Crippen LogP contribution is -2.48. The predicted octanol–water partition coefficient (Wildman–Crippen LogP) is 1.70. The average molecular weight is 297 g/mol. The summed E-state index contributed by atoms with van der Waals surface area (Å²) in [6.07, 6.45) is 3.64. The molecule has 1 aromatic carbocycles. The molecular weight excluding hydrogens is 274 g/mol. The summed E-state index contributed by atoms with van der Waals surface area (Å²) in [4.78, 5) is 0. The molecule has 0 amide bonds. The van der Waals surface area contributed by atoms with E-state index in [0.29, 0.717) is 6.42 Å². The molecule has 0 spiro atoms. The molecule has 1 aromatic rings. The summed E-state index contributed by atoms with van der Waals surface area (Å²) >= 11 is 0. The molecule has 1 aliphatic rings. The first kappa shape index (κ1) is 15.3. The molecule has 0 saturated carbocycles. The van der Waals surface area contributed by atoms with Gasteiger partial charge in [0.15, 0.2) is 9.84 Å². The van der Waals surface area contributed by atoms with Gasteiger partial charge in [-0.3, -0.25) is 0 Å². The average Bonchev–Trinajstić information content (AvgIpc) is 2.81. The molecule has 1 unspecified atom stereocenters. The number of nitrogens with two attached hydrogens (primary N) is 1. The molecule has 112 valence electrons. The smallest absolute Gasteiger partial charge is 0.154 e. The van der Waals surface area contributed by atoms with E-state index in [1.54, 1.807) is 13.8 Å². The molecule has 0 aromatic heterocycles. The summed E-state index contributed by atoms with van der Waals surface area (Å²) in [5, 5.41) is 0. The number of hydrogen-bond donors (Lipinski definition) is 1. The summed E-state index contributed by atoms with van der Waals surface area (Å²) < 4.78 is 28.1. The van der Waals surface area contributed by atoms with Gasteiger partial charge in [0, 0.05) is 18.7 Å². The third-order valence-electron chi connectivity index (χ3n) is 4.35. The summed E-state index contributed by atoms with van der Waals surface area (Å²) in [6.45, 7) is 4.15. The molecule has 5 heteroatoms. The maximum atomic E-state index is 11.8. The van der Waals surface area contributed by atoms with Crippen LogP contribution in [0.15, 0.2) is 18.2 Å². The van der Waals surface area contributed by atoms with Crippen molar-refractivity contribution >= 4 is 9.84 Å². The Morgan fingerprint density at radius 3 is 2.75 bits per heavy atom. The van der Waals surface area contributed by atoms with Crippen LogP contribution in [0.3, 0.4) is 0 Å². The molecule has 0 saturated heterocycles. The van der Waals surface area contributed by atoms with Crippen LogP contribution in [0.1, 0.15) is 31.4 Å². The van der Waals surface area contributed by atoms with E-state index in [2.05, 4.69) is 6.07 Å². The number of rotatable bonds is 5. The van der Waals surface area contributed by atoms with Crippen LogP contribution in [-0.4, -0.2) is 32.1 Å². The Bertz CT molecular complexity index is 593. The van der Waals surface area contributed by atoms with Gasteiger partial charge in [0.1, 0.15) is 5.75 Å². The highest BCUT2D eigenvalue weighted by Crippen LogP contribution is 2.27. The molecule has 4 nitrogen and oxygen atoms in total. The highest BCUT2D eigenvalue weighted by molar-refractivity contribution is 7.92. The SMILES string of the molecule is CC(C)(C(N)CCc1ccc2c(c1)CCO2)S(C)(=O)=O. The van der Waals surface area contributed by atoms with Gasteiger partial charge in [-0.15, -0.1) is 0 Å². The zero-order valence-electron chi connectivity index (χ0n) is 12.3. The van der Waals surface area contributed by atoms with E-state index >= 15 is 0 Å². The van der Waals surface area contributed by atoms with Crippen LogP contribution in [0, 0.1) is 0 Å². The molecule has 20 heavy (non-hydrogen) atoms. The van der Waals surface area contributed by atoms with Crippen molar-refractivity contribution in [2.75, 3.05) is 12.9 Å². The molecule has 1 aliphatic heterocycles. The van der Waals surface area contributed by atoms with Crippen LogP contribution in [0.4, 0.5) is 0 Å². The van der Waals surface area contributed by atoms with Crippen LogP contribution >= 0.6 is 0 Å². The zero-order valence-corrected chi connectivity index (χ0v) is 13.2. The summed E-state index contributed by atoms with van der Waals surface area (Å²) in [6, 6.07) is 5.79. The van der Waals surface area contributed by atoms with Crippen LogP contribution in [0.5, 0.6) is 5.75 Å². The molecule has 0 aliphatic carbocycles. The molecule has 2 rings (SSSR count). The lowest BCUT2D eigenvalue weighted by atomic mass is 9.96. The normalized spacial score (nSPS) is 16.6. The van der Waals surface area contributed by atoms with Crippen molar-refractivity contribution in [3.8, 4) is 5.75 Å². The molecular formula is C15H23NO3S. The first-order chi connectivity index (χ1) is 9.22. The van der Waals surface area contributed by atoms with Crippen LogP contribution < -0.4 is 10.5 Å². The molecule has 0 fully saturated rings. The van der Waals surface area contributed by atoms with Crippen LogP contribution in [0.25, 0.3) is 0 Å². The number of hydrogen-bond acceptors (Lipinski definition) is 4. The minimum atomic E-state index is -3.16. The predicted molar refractivity (Wildman–Crippen MR) is 80.9 cm³/mol. The topological polar surface area (TPSA) is 69.4 Å².